The van der Waals surface area contributed by atoms with E-state index in [9.17, 15) is 9.59 Å². The number of rotatable bonds is 4. The van der Waals surface area contributed by atoms with Crippen molar-refractivity contribution < 1.29 is 4.79 Å². The highest BCUT2D eigenvalue weighted by Gasteiger charge is 2.25. The van der Waals surface area contributed by atoms with Crippen LogP contribution in [-0.4, -0.2) is 25.3 Å². The number of hydrogen-bond acceptors (Lipinski definition) is 6. The van der Waals surface area contributed by atoms with E-state index < -0.39 is 0 Å². The van der Waals surface area contributed by atoms with Gasteiger partial charge in [-0.2, -0.15) is 4.98 Å². The minimum absolute atomic E-state index is 0.0221. The minimum Gasteiger partial charge on any atom is -0.309 e. The predicted octanol–water partition coefficient (Wildman–Crippen LogP) is 4.85. The second-order valence-corrected chi connectivity index (χ2v) is 9.41. The molecule has 0 atom stereocenters. The van der Waals surface area contributed by atoms with Gasteiger partial charge >= 0.3 is 0 Å². The topological polar surface area (TPSA) is 89.8 Å². The van der Waals surface area contributed by atoms with Crippen LogP contribution >= 0.6 is 0 Å². The Hall–Kier alpha value is -3.09. The molecule has 3 aromatic heterocycles. The lowest BCUT2D eigenvalue weighted by atomic mass is 9.88. The molecule has 4 rings (SSSR count). The summed E-state index contributed by atoms with van der Waals surface area (Å²) < 4.78 is 1.72. The number of pyridine rings is 2. The molecule has 162 valence electrons. The van der Waals surface area contributed by atoms with E-state index in [1.807, 2.05) is 18.3 Å². The molecule has 3 heterocycles. The summed E-state index contributed by atoms with van der Waals surface area (Å²) in [4.78, 5) is 39.1. The van der Waals surface area contributed by atoms with Crippen LogP contribution in [0.3, 0.4) is 0 Å². The van der Waals surface area contributed by atoms with Crippen molar-refractivity contribution in [1.82, 2.24) is 19.5 Å². The van der Waals surface area contributed by atoms with Gasteiger partial charge in [-0.25, -0.2) is 9.97 Å². The summed E-state index contributed by atoms with van der Waals surface area (Å²) in [5.41, 5.74) is 2.36. The van der Waals surface area contributed by atoms with Crippen LogP contribution in [0.5, 0.6) is 0 Å². The standard InChI is InChI=1S/C24H29N5O2/c1-14-18-13-26-23(27-19-11-10-16(12-25-19)24(3,4)5)28-21(18)29(17-8-6-7-9-17)22(31)20(14)15(2)30/h10-13,17H,6-9H2,1-5H3,(H,25,26,27,28). The fourth-order valence-electron chi connectivity index (χ4n) is 4.33. The van der Waals surface area contributed by atoms with Crippen LogP contribution in [0.15, 0.2) is 29.3 Å². The Bertz CT molecular complexity index is 1200. The van der Waals surface area contributed by atoms with Gasteiger partial charge in [-0.05, 0) is 49.3 Å². The van der Waals surface area contributed by atoms with Crippen LogP contribution in [0.25, 0.3) is 11.0 Å². The third-order valence-electron chi connectivity index (χ3n) is 6.12. The van der Waals surface area contributed by atoms with Gasteiger partial charge in [-0.15, -0.1) is 0 Å². The SMILES string of the molecule is CC(=O)c1c(C)c2cnc(Nc3ccc(C(C)(C)C)cn3)nc2n(C2CCCC2)c1=O. The minimum atomic E-state index is -0.248. The largest absolute Gasteiger partial charge is 0.309 e. The molecule has 0 saturated heterocycles. The van der Waals surface area contributed by atoms with Crippen LogP contribution in [-0.2, 0) is 5.41 Å². The molecule has 0 radical (unpaired) electrons. The molecule has 1 aliphatic rings. The molecule has 7 nitrogen and oxygen atoms in total. The summed E-state index contributed by atoms with van der Waals surface area (Å²) >= 11 is 0. The molecule has 3 aromatic rings. The van der Waals surface area contributed by atoms with Gasteiger partial charge in [0.2, 0.25) is 5.95 Å². The van der Waals surface area contributed by atoms with Crippen molar-refractivity contribution in [1.29, 1.82) is 0 Å². The number of aryl methyl sites for hydroxylation is 1. The molecule has 0 amide bonds. The van der Waals surface area contributed by atoms with Crippen LogP contribution in [0.2, 0.25) is 0 Å². The monoisotopic (exact) mass is 419 g/mol. The van der Waals surface area contributed by atoms with Crippen molar-refractivity contribution in [2.24, 2.45) is 0 Å². The van der Waals surface area contributed by atoms with Gasteiger partial charge in [0.25, 0.3) is 5.56 Å². The number of anilines is 2. The zero-order valence-corrected chi connectivity index (χ0v) is 18.8. The van der Waals surface area contributed by atoms with Gasteiger partial charge in [-0.3, -0.25) is 14.2 Å². The molecular formula is C24H29N5O2. The van der Waals surface area contributed by atoms with E-state index in [0.717, 1.165) is 36.6 Å². The number of carbonyl (C=O) groups is 1. The molecule has 0 aliphatic heterocycles. The Kier molecular flexibility index (Phi) is 5.37. The Morgan fingerprint density at radius 1 is 1.13 bits per heavy atom. The molecule has 1 saturated carbocycles. The molecular weight excluding hydrogens is 390 g/mol. The first-order chi connectivity index (χ1) is 14.7. The maximum Gasteiger partial charge on any atom is 0.263 e. The first kappa shape index (κ1) is 21.2. The number of carbonyl (C=O) groups excluding carboxylic acids is 1. The maximum atomic E-state index is 13.3. The third kappa shape index (κ3) is 3.96. The summed E-state index contributed by atoms with van der Waals surface area (Å²) in [6.07, 6.45) is 7.52. The number of Topliss-reactive ketones (excluding diaryl/α,β-unsaturated/α-hetero) is 1. The number of nitrogens with one attached hydrogen (secondary N) is 1. The summed E-state index contributed by atoms with van der Waals surface area (Å²) in [6.45, 7) is 9.66. The van der Waals surface area contributed by atoms with E-state index in [0.29, 0.717) is 23.0 Å². The van der Waals surface area contributed by atoms with E-state index in [1.165, 1.54) is 6.92 Å². The molecule has 0 spiro atoms. The number of ketones is 1. The van der Waals surface area contributed by atoms with Crippen LogP contribution < -0.4 is 10.9 Å². The molecule has 0 aromatic carbocycles. The van der Waals surface area contributed by atoms with E-state index in [-0.39, 0.29) is 28.4 Å². The van der Waals surface area contributed by atoms with Crippen LogP contribution in [0.1, 0.15) is 80.9 Å². The molecule has 1 aliphatic carbocycles. The first-order valence-corrected chi connectivity index (χ1v) is 10.8. The lowest BCUT2D eigenvalue weighted by molar-refractivity contribution is 0.101. The van der Waals surface area contributed by atoms with Gasteiger partial charge in [0.05, 0.1) is 5.56 Å². The third-order valence-corrected chi connectivity index (χ3v) is 6.12. The number of hydrogen-bond donors (Lipinski definition) is 1. The van der Waals surface area contributed by atoms with Gasteiger partial charge in [0.15, 0.2) is 5.78 Å². The highest BCUT2D eigenvalue weighted by Crippen LogP contribution is 2.32. The molecule has 0 unspecified atom stereocenters. The van der Waals surface area contributed by atoms with Crippen molar-refractivity contribution in [2.75, 3.05) is 5.32 Å². The van der Waals surface area contributed by atoms with E-state index in [1.54, 1.807) is 17.7 Å². The zero-order valence-electron chi connectivity index (χ0n) is 18.8. The summed E-state index contributed by atoms with van der Waals surface area (Å²) in [5.74, 6) is 0.797. The number of nitrogens with zero attached hydrogens (tertiary/aromatic N) is 4. The summed E-state index contributed by atoms with van der Waals surface area (Å²) in [7, 11) is 0. The van der Waals surface area contributed by atoms with Gasteiger partial charge in [0, 0.05) is 23.8 Å². The van der Waals surface area contributed by atoms with E-state index >= 15 is 0 Å². The predicted molar refractivity (Wildman–Crippen MR) is 122 cm³/mol. The second-order valence-electron chi connectivity index (χ2n) is 9.41. The van der Waals surface area contributed by atoms with Crippen molar-refractivity contribution in [2.45, 2.75) is 71.8 Å². The zero-order chi connectivity index (χ0) is 22.3. The van der Waals surface area contributed by atoms with Crippen LogP contribution in [0.4, 0.5) is 11.8 Å². The Morgan fingerprint density at radius 3 is 2.42 bits per heavy atom. The second kappa shape index (κ2) is 7.87. The molecule has 1 fully saturated rings. The highest BCUT2D eigenvalue weighted by molar-refractivity contribution is 5.99. The van der Waals surface area contributed by atoms with Crippen molar-refractivity contribution in [3.8, 4) is 0 Å². The molecule has 7 heteroatoms. The van der Waals surface area contributed by atoms with Crippen molar-refractivity contribution in [3.05, 3.63) is 51.6 Å². The lowest BCUT2D eigenvalue weighted by Crippen LogP contribution is -2.30. The first-order valence-electron chi connectivity index (χ1n) is 10.8. The fourth-order valence-corrected chi connectivity index (χ4v) is 4.33. The maximum absolute atomic E-state index is 13.3. The summed E-state index contributed by atoms with van der Waals surface area (Å²) in [6, 6.07) is 4.00. The summed E-state index contributed by atoms with van der Waals surface area (Å²) in [5, 5.41) is 3.89. The molecule has 31 heavy (non-hydrogen) atoms. The normalized spacial score (nSPS) is 14.9. The number of aromatic nitrogens is 4. The average Bonchev–Trinajstić information content (AvgIpc) is 3.22. The van der Waals surface area contributed by atoms with Gasteiger partial charge in [-0.1, -0.05) is 39.7 Å². The molecule has 1 N–H and O–H groups in total. The van der Waals surface area contributed by atoms with Gasteiger partial charge < -0.3 is 5.32 Å². The lowest BCUT2D eigenvalue weighted by Gasteiger charge is -2.20. The van der Waals surface area contributed by atoms with E-state index in [4.69, 9.17) is 4.98 Å². The number of fused-ring (bicyclic) bond motifs is 1. The van der Waals surface area contributed by atoms with Crippen molar-refractivity contribution >= 4 is 28.6 Å². The Morgan fingerprint density at radius 2 is 1.84 bits per heavy atom. The highest BCUT2D eigenvalue weighted by atomic mass is 16.1. The van der Waals surface area contributed by atoms with Crippen molar-refractivity contribution in [3.63, 3.8) is 0 Å². The fraction of sp³-hybridized carbons (Fsp3) is 0.458. The average molecular weight is 420 g/mol. The smallest absolute Gasteiger partial charge is 0.263 e. The Balaban J connectivity index is 1.81. The quantitative estimate of drug-likeness (QED) is 0.608. The Labute approximate surface area is 182 Å². The van der Waals surface area contributed by atoms with Crippen LogP contribution in [0, 0.1) is 6.92 Å². The molecule has 0 bridgehead atoms. The van der Waals surface area contributed by atoms with E-state index in [2.05, 4.69) is 36.1 Å². The van der Waals surface area contributed by atoms with Gasteiger partial charge in [0.1, 0.15) is 11.5 Å².